The van der Waals surface area contributed by atoms with E-state index < -0.39 is 0 Å². The van der Waals surface area contributed by atoms with E-state index in [4.69, 9.17) is 11.1 Å². The first kappa shape index (κ1) is 101. The van der Waals surface area contributed by atoms with Crippen LogP contribution in [0.3, 0.4) is 0 Å². The van der Waals surface area contributed by atoms with Crippen molar-refractivity contribution in [3.05, 3.63) is 169 Å². The van der Waals surface area contributed by atoms with Gasteiger partial charge in [-0.05, 0) is 259 Å². The standard InChI is InChI=1S/2C37H46Br2O2.C37H50Br2.K.H2N2.H2O.H2/c2*1-5-9-13-27-33(40)29(15-11-7-3)36-31-21-23(38)17-19-25(31)26-20-18-24(39)22-32(26)37(36)30(16-12-8-4)34(41)28(14-10-6-2)35(27,36)37;1-5-9-13-25-21-27(15-11-7-3)36-33-23-29(38)17-19-31(33)32-20-18-30(39)24-34(32)37(36)28(16-12-8-4)22-26(14-10-6-2)35(25,36)37;;1-2;;/h2*17-22,27-30H,5-16H2,1-4H3;17-20,23-28H,5-16,21-22H2,1-4H3;;1-2H;1H2;1H/q;;;+1;;;/p-1. The summed E-state index contributed by atoms with van der Waals surface area (Å²) in [5.74, 6) is 5.03. The first-order valence-electron chi connectivity index (χ1n) is 49.9. The van der Waals surface area contributed by atoms with E-state index in [9.17, 15) is 19.2 Å². The van der Waals surface area contributed by atoms with Crippen LogP contribution in [0.25, 0.3) is 33.4 Å². The van der Waals surface area contributed by atoms with Gasteiger partial charge in [0.1, 0.15) is 23.1 Å². The smallest absolute Gasteiger partial charge is 0.870 e. The molecule has 6 aromatic rings. The molecule has 18 atom stereocenters. The van der Waals surface area contributed by atoms with E-state index in [1.54, 1.807) is 22.3 Å². The van der Waals surface area contributed by atoms with Crippen LogP contribution in [-0.4, -0.2) is 28.6 Å². The molecule has 14 heteroatoms. The number of ketones is 4. The van der Waals surface area contributed by atoms with Crippen LogP contribution < -0.4 is 51.4 Å². The van der Waals surface area contributed by atoms with Crippen molar-refractivity contribution < 1.29 is 77.5 Å². The van der Waals surface area contributed by atoms with Crippen molar-refractivity contribution >= 4 is 119 Å². The average molecular weight is 2110 g/mol. The van der Waals surface area contributed by atoms with Crippen molar-refractivity contribution in [2.75, 3.05) is 0 Å². The van der Waals surface area contributed by atoms with Gasteiger partial charge >= 0.3 is 51.4 Å². The molecule has 125 heavy (non-hydrogen) atoms. The van der Waals surface area contributed by atoms with Crippen LogP contribution in [-0.2, 0) is 51.7 Å². The third-order valence-corrected chi connectivity index (χ3v) is 38.9. The van der Waals surface area contributed by atoms with Crippen LogP contribution in [0.5, 0.6) is 0 Å². The molecular weight excluding hydrogens is 1960 g/mol. The van der Waals surface area contributed by atoms with Crippen LogP contribution >= 0.6 is 95.6 Å². The molecule has 0 radical (unpaired) electrons. The van der Waals surface area contributed by atoms with Crippen molar-refractivity contribution in [2.45, 2.75) is 360 Å². The minimum Gasteiger partial charge on any atom is -0.870 e. The zero-order chi connectivity index (χ0) is 87.7. The first-order chi connectivity index (χ1) is 59.7. The molecule has 18 unspecified atom stereocenters. The maximum atomic E-state index is 14.9. The van der Waals surface area contributed by atoms with Gasteiger partial charge in [0.25, 0.3) is 0 Å². The van der Waals surface area contributed by atoms with Crippen molar-refractivity contribution in [1.82, 2.24) is 0 Å². The van der Waals surface area contributed by atoms with Gasteiger partial charge < -0.3 is 5.48 Å². The fourth-order valence-corrected chi connectivity index (χ4v) is 35.8. The minimum absolute atomic E-state index is 0. The largest absolute Gasteiger partial charge is 1.00 e. The molecule has 12 aliphatic carbocycles. The zero-order valence-corrected chi connectivity index (χ0v) is 90.7. The molecule has 12 aliphatic rings. The van der Waals surface area contributed by atoms with Gasteiger partial charge in [0, 0.05) is 119 Å². The number of Topliss-reactive ketones (excluding diaryl/α,β-unsaturated/α-hetero) is 4. The summed E-state index contributed by atoms with van der Waals surface area (Å²) in [6.07, 6.45) is 44.1. The number of nitrogens with one attached hydrogen (secondary N) is 2. The molecule has 0 heterocycles. The molecule has 9 spiro atoms. The maximum absolute atomic E-state index is 14.9. The Hall–Kier alpha value is -1.92. The molecule has 6 aromatic carbocycles. The van der Waals surface area contributed by atoms with Gasteiger partial charge in [0.2, 0.25) is 0 Å². The molecule has 0 aliphatic heterocycles. The van der Waals surface area contributed by atoms with E-state index in [0.717, 1.165) is 196 Å². The van der Waals surface area contributed by atoms with E-state index in [0.29, 0.717) is 39.4 Å². The molecule has 0 amide bonds. The summed E-state index contributed by atoms with van der Waals surface area (Å²) in [4.78, 5) is 59.7. The predicted octanol–water partition coefficient (Wildman–Crippen LogP) is 31.6. The third-order valence-electron chi connectivity index (χ3n) is 36.0. The monoisotopic (exact) mass is 2100 g/mol. The summed E-state index contributed by atoms with van der Waals surface area (Å²) >= 11 is 23.5. The van der Waals surface area contributed by atoms with Crippen LogP contribution in [0.1, 0.15) is 362 Å². The van der Waals surface area contributed by atoms with E-state index in [2.05, 4.69) is 288 Å². The van der Waals surface area contributed by atoms with Crippen LogP contribution in [0.4, 0.5) is 0 Å². The number of carbonyl (C=O) groups is 4. The second-order valence-corrected chi connectivity index (χ2v) is 46.1. The maximum Gasteiger partial charge on any atom is 1.00 e. The predicted molar refractivity (Wildman–Crippen MR) is 534 cm³/mol. The van der Waals surface area contributed by atoms with E-state index >= 15 is 0 Å². The topological polar surface area (TPSA) is 146 Å². The number of unbranched alkanes of at least 4 members (excludes halogenated alkanes) is 12. The van der Waals surface area contributed by atoms with Crippen molar-refractivity contribution in [3.63, 3.8) is 0 Å². The van der Waals surface area contributed by atoms with Gasteiger partial charge in [-0.25, -0.2) is 11.1 Å². The number of hydrogen-bond acceptors (Lipinski definition) is 7. The fourth-order valence-electron chi connectivity index (χ4n) is 33.6. The van der Waals surface area contributed by atoms with Crippen molar-refractivity contribution in [2.24, 2.45) is 87.3 Å². The Morgan fingerprint density at radius 2 is 0.408 bits per heavy atom. The molecule has 7 nitrogen and oxygen atoms in total. The second kappa shape index (κ2) is 40.6. The molecule has 0 bridgehead atoms. The normalized spacial score (nSPS) is 33.5. The number of carbonyl (C=O) groups excluding carboxylic acids is 4. The van der Waals surface area contributed by atoms with Gasteiger partial charge in [0.05, 0.1) is 0 Å². The van der Waals surface area contributed by atoms with Gasteiger partial charge in [-0.2, -0.15) is 0 Å². The first-order valence-corrected chi connectivity index (χ1v) is 54.7. The molecular formula is C111H147Br6KN2O5. The summed E-state index contributed by atoms with van der Waals surface area (Å²) in [6.45, 7) is 27.6. The summed E-state index contributed by atoms with van der Waals surface area (Å²) in [5, 5.41) is 0. The average Bonchev–Trinajstić information content (AvgIpc) is 1.40. The summed E-state index contributed by atoms with van der Waals surface area (Å²) in [7, 11) is 0. The van der Waals surface area contributed by atoms with Crippen molar-refractivity contribution in [1.29, 1.82) is 11.1 Å². The summed E-state index contributed by atoms with van der Waals surface area (Å²) in [6, 6.07) is 42.2. The quantitative estimate of drug-likeness (QED) is 0.0297. The van der Waals surface area contributed by atoms with Gasteiger partial charge in [-0.3, -0.25) is 19.2 Å². The summed E-state index contributed by atoms with van der Waals surface area (Å²) < 4.78 is 6.91. The number of rotatable bonds is 36. The SMILES string of the molecule is CCCCC1C(=O)C(CCCC)C23C(CCCC)C(=O)C(CCCC)C24c2cc(Br)ccc2-c2ccc(Br)cc2C143.CCCCC1C(=O)C(CCCC)C23C(CCCC)C(=O)C(CCCC)C24c2cc(Br)ccc2-c2ccc(Br)cc2C143.CCCCC1CC(CCCC)C23C(CCCC)CC(CCCC)C24c2cc(Br)ccc2-c2ccc(Br)cc2C143.N=N.[HH].[K+].[OH-]. The van der Waals surface area contributed by atoms with E-state index in [-0.39, 0.29) is 138 Å². The molecule has 0 saturated heterocycles. The molecule has 9 saturated carbocycles. The number of benzene rings is 6. The summed E-state index contributed by atoms with van der Waals surface area (Å²) in [5.41, 5.74) is 26.4. The number of halogens is 6. The van der Waals surface area contributed by atoms with Gasteiger partial charge in [-0.1, -0.05) is 369 Å². The second-order valence-electron chi connectivity index (χ2n) is 40.6. The Morgan fingerprint density at radius 3 is 0.592 bits per heavy atom. The Labute approximate surface area is 847 Å². The van der Waals surface area contributed by atoms with Crippen molar-refractivity contribution in [3.8, 4) is 33.4 Å². The van der Waals surface area contributed by atoms with Crippen LogP contribution in [0.2, 0.25) is 0 Å². The molecule has 674 valence electrons. The fraction of sp³-hybridized carbons (Fsp3) is 0.640. The van der Waals surface area contributed by atoms with Gasteiger partial charge in [0.15, 0.2) is 0 Å². The molecule has 0 aromatic heterocycles. The van der Waals surface area contributed by atoms with Crippen LogP contribution in [0, 0.1) is 98.3 Å². The Bertz CT molecular complexity index is 4430. The molecule has 18 rings (SSSR count). The Morgan fingerprint density at radius 1 is 0.248 bits per heavy atom. The minimum atomic E-state index is -0.323. The number of hydrogen-bond donors (Lipinski definition) is 2. The Balaban J connectivity index is 0.000000168. The van der Waals surface area contributed by atoms with Gasteiger partial charge in [-0.15, -0.1) is 0 Å². The van der Waals surface area contributed by atoms with Crippen LogP contribution in [0.15, 0.2) is 136 Å². The van der Waals surface area contributed by atoms with E-state index in [1.807, 2.05) is 0 Å². The zero-order valence-electron chi connectivity index (χ0n) is 78.0. The Kier molecular flexibility index (Phi) is 32.6. The third kappa shape index (κ3) is 13.7. The van der Waals surface area contributed by atoms with E-state index in [1.165, 1.54) is 143 Å². The number of fused-ring (bicyclic) bond motifs is 9. The molecule has 9 fully saturated rings. The molecule has 3 N–H and O–H groups in total.